The molecule has 6 nitrogen and oxygen atoms in total. The molecule has 1 heterocycles. The van der Waals surface area contributed by atoms with Crippen LogP contribution in [0, 0.1) is 12.7 Å². The summed E-state index contributed by atoms with van der Waals surface area (Å²) in [6.45, 7) is 2.02. The number of carbonyl (C=O) groups excluding carboxylic acids is 1. The lowest BCUT2D eigenvalue weighted by atomic mass is 10.1. The zero-order chi connectivity index (χ0) is 18.7. The first-order valence-corrected chi connectivity index (χ1v) is 7.96. The maximum absolute atomic E-state index is 13.8. The van der Waals surface area contributed by atoms with Crippen LogP contribution in [0.25, 0.3) is 11.5 Å². The van der Waals surface area contributed by atoms with Crippen molar-refractivity contribution in [1.29, 1.82) is 0 Å². The van der Waals surface area contributed by atoms with Gasteiger partial charge in [-0.3, -0.25) is 4.79 Å². The number of methoxy groups -OCH3 is 1. The van der Waals surface area contributed by atoms with E-state index in [1.54, 1.807) is 50.4 Å². The molecule has 3 rings (SSSR count). The van der Waals surface area contributed by atoms with Crippen molar-refractivity contribution in [2.24, 2.45) is 0 Å². The standard InChI is InChI=1S/C19H18FN3O3/c1-12-21-18(26-22-12)14-5-7-15(8-6-14)19(24)23(2)11-13-4-9-17(25-3)16(20)10-13/h4-10H,11H2,1-3H3. The highest BCUT2D eigenvalue weighted by Crippen LogP contribution is 2.20. The molecule has 1 amide bonds. The first-order valence-electron chi connectivity index (χ1n) is 7.96. The van der Waals surface area contributed by atoms with E-state index in [9.17, 15) is 9.18 Å². The average molecular weight is 355 g/mol. The van der Waals surface area contributed by atoms with E-state index in [0.29, 0.717) is 22.8 Å². The van der Waals surface area contributed by atoms with Gasteiger partial charge in [0, 0.05) is 24.7 Å². The second-order valence-corrected chi connectivity index (χ2v) is 5.85. The van der Waals surface area contributed by atoms with Gasteiger partial charge in [0.1, 0.15) is 0 Å². The normalized spacial score (nSPS) is 10.6. The molecule has 0 bridgehead atoms. The maximum Gasteiger partial charge on any atom is 0.257 e. The Labute approximate surface area is 150 Å². The summed E-state index contributed by atoms with van der Waals surface area (Å²) in [7, 11) is 3.08. The third-order valence-electron chi connectivity index (χ3n) is 3.89. The van der Waals surface area contributed by atoms with Gasteiger partial charge in [0.2, 0.25) is 0 Å². The summed E-state index contributed by atoms with van der Waals surface area (Å²) < 4.78 is 23.8. The predicted molar refractivity (Wildman–Crippen MR) is 93.2 cm³/mol. The molecule has 0 saturated heterocycles. The van der Waals surface area contributed by atoms with Crippen molar-refractivity contribution in [1.82, 2.24) is 15.0 Å². The van der Waals surface area contributed by atoms with Gasteiger partial charge in [-0.15, -0.1) is 0 Å². The number of carbonyl (C=O) groups is 1. The molecule has 0 aliphatic carbocycles. The van der Waals surface area contributed by atoms with Gasteiger partial charge in [0.05, 0.1) is 7.11 Å². The van der Waals surface area contributed by atoms with E-state index >= 15 is 0 Å². The van der Waals surface area contributed by atoms with Gasteiger partial charge in [0.25, 0.3) is 11.8 Å². The average Bonchev–Trinajstić information content (AvgIpc) is 3.08. The van der Waals surface area contributed by atoms with Crippen LogP contribution in [0.5, 0.6) is 5.75 Å². The van der Waals surface area contributed by atoms with Crippen molar-refractivity contribution in [2.75, 3.05) is 14.2 Å². The molecule has 0 atom stereocenters. The fourth-order valence-corrected chi connectivity index (χ4v) is 2.54. The molecule has 0 radical (unpaired) electrons. The maximum atomic E-state index is 13.8. The SMILES string of the molecule is COc1ccc(CN(C)C(=O)c2ccc(-c3nc(C)no3)cc2)cc1F. The number of rotatable bonds is 5. The van der Waals surface area contributed by atoms with Crippen molar-refractivity contribution in [3.63, 3.8) is 0 Å². The Bertz CT molecular complexity index is 922. The third kappa shape index (κ3) is 3.72. The molecular weight excluding hydrogens is 337 g/mol. The lowest BCUT2D eigenvalue weighted by Gasteiger charge is -2.18. The highest BCUT2D eigenvalue weighted by Gasteiger charge is 2.14. The summed E-state index contributed by atoms with van der Waals surface area (Å²) >= 11 is 0. The summed E-state index contributed by atoms with van der Waals surface area (Å²) in [6, 6.07) is 11.5. The summed E-state index contributed by atoms with van der Waals surface area (Å²) in [4.78, 5) is 18.2. The summed E-state index contributed by atoms with van der Waals surface area (Å²) in [5.74, 6) is 0.504. The minimum absolute atomic E-state index is 0.172. The molecule has 0 N–H and O–H groups in total. The summed E-state index contributed by atoms with van der Waals surface area (Å²) in [5.41, 5.74) is 1.93. The Hall–Kier alpha value is -3.22. The number of hydrogen-bond acceptors (Lipinski definition) is 5. The highest BCUT2D eigenvalue weighted by atomic mass is 19.1. The number of aromatic nitrogens is 2. The number of hydrogen-bond donors (Lipinski definition) is 0. The fourth-order valence-electron chi connectivity index (χ4n) is 2.54. The molecule has 7 heteroatoms. The summed E-state index contributed by atoms with van der Waals surface area (Å²) in [6.07, 6.45) is 0. The van der Waals surface area contributed by atoms with Crippen LogP contribution in [0.2, 0.25) is 0 Å². The van der Waals surface area contributed by atoms with Crippen LogP contribution in [-0.4, -0.2) is 35.1 Å². The van der Waals surface area contributed by atoms with E-state index < -0.39 is 5.82 Å². The van der Waals surface area contributed by atoms with Crippen LogP contribution in [-0.2, 0) is 6.54 Å². The van der Waals surface area contributed by atoms with Gasteiger partial charge < -0.3 is 14.2 Å². The van der Waals surface area contributed by atoms with E-state index in [0.717, 1.165) is 5.56 Å². The minimum Gasteiger partial charge on any atom is -0.494 e. The molecule has 0 fully saturated rings. The smallest absolute Gasteiger partial charge is 0.257 e. The number of amides is 1. The second kappa shape index (κ2) is 7.35. The molecule has 0 saturated carbocycles. The van der Waals surface area contributed by atoms with Gasteiger partial charge in [-0.2, -0.15) is 4.98 Å². The fraction of sp³-hybridized carbons (Fsp3) is 0.211. The van der Waals surface area contributed by atoms with Crippen LogP contribution in [0.15, 0.2) is 47.0 Å². The number of ether oxygens (including phenoxy) is 1. The van der Waals surface area contributed by atoms with E-state index in [-0.39, 0.29) is 18.2 Å². The molecule has 26 heavy (non-hydrogen) atoms. The van der Waals surface area contributed by atoms with Crippen molar-refractivity contribution in [2.45, 2.75) is 13.5 Å². The number of halogens is 1. The molecule has 1 aromatic heterocycles. The van der Waals surface area contributed by atoms with Crippen LogP contribution in [0.4, 0.5) is 4.39 Å². The molecule has 3 aromatic rings. The predicted octanol–water partition coefficient (Wildman–Crippen LogP) is 3.46. The van der Waals surface area contributed by atoms with E-state index in [1.165, 1.54) is 18.1 Å². The van der Waals surface area contributed by atoms with Gasteiger partial charge in [0.15, 0.2) is 17.4 Å². The van der Waals surface area contributed by atoms with Gasteiger partial charge in [-0.05, 0) is 48.9 Å². The van der Waals surface area contributed by atoms with Crippen LogP contribution in [0.3, 0.4) is 0 Å². The molecule has 0 spiro atoms. The van der Waals surface area contributed by atoms with Crippen LogP contribution < -0.4 is 4.74 Å². The Morgan fingerprint density at radius 1 is 1.23 bits per heavy atom. The van der Waals surface area contributed by atoms with Gasteiger partial charge in [-0.25, -0.2) is 4.39 Å². The highest BCUT2D eigenvalue weighted by molar-refractivity contribution is 5.94. The minimum atomic E-state index is -0.454. The van der Waals surface area contributed by atoms with Crippen molar-refractivity contribution >= 4 is 5.91 Å². The summed E-state index contributed by atoms with van der Waals surface area (Å²) in [5, 5.41) is 3.74. The Kier molecular flexibility index (Phi) is 4.97. The Morgan fingerprint density at radius 2 is 1.96 bits per heavy atom. The molecule has 2 aromatic carbocycles. The van der Waals surface area contributed by atoms with E-state index in [1.807, 2.05) is 0 Å². The largest absolute Gasteiger partial charge is 0.494 e. The first kappa shape index (κ1) is 17.6. The molecule has 0 unspecified atom stereocenters. The van der Waals surface area contributed by atoms with Gasteiger partial charge in [-0.1, -0.05) is 11.2 Å². The quantitative estimate of drug-likeness (QED) is 0.701. The van der Waals surface area contributed by atoms with Crippen molar-refractivity contribution in [3.8, 4) is 17.2 Å². The van der Waals surface area contributed by atoms with Crippen molar-refractivity contribution in [3.05, 3.63) is 65.2 Å². The Balaban J connectivity index is 1.71. The topological polar surface area (TPSA) is 68.5 Å². The second-order valence-electron chi connectivity index (χ2n) is 5.85. The first-order chi connectivity index (χ1) is 12.5. The number of benzene rings is 2. The van der Waals surface area contributed by atoms with Gasteiger partial charge >= 0.3 is 0 Å². The molecule has 134 valence electrons. The van der Waals surface area contributed by atoms with Crippen molar-refractivity contribution < 1.29 is 18.4 Å². The third-order valence-corrected chi connectivity index (χ3v) is 3.89. The zero-order valence-corrected chi connectivity index (χ0v) is 14.7. The van der Waals surface area contributed by atoms with E-state index in [2.05, 4.69) is 10.1 Å². The van der Waals surface area contributed by atoms with Crippen LogP contribution >= 0.6 is 0 Å². The lowest BCUT2D eigenvalue weighted by Crippen LogP contribution is -2.26. The molecule has 0 aliphatic rings. The van der Waals surface area contributed by atoms with Crippen LogP contribution in [0.1, 0.15) is 21.7 Å². The lowest BCUT2D eigenvalue weighted by molar-refractivity contribution is 0.0785. The van der Waals surface area contributed by atoms with E-state index in [4.69, 9.17) is 9.26 Å². The molecule has 0 aliphatic heterocycles. The Morgan fingerprint density at radius 3 is 2.54 bits per heavy atom. The number of aryl methyl sites for hydroxylation is 1. The zero-order valence-electron chi connectivity index (χ0n) is 14.7. The molecular formula is C19H18FN3O3. The number of nitrogens with zero attached hydrogens (tertiary/aromatic N) is 3. The monoisotopic (exact) mass is 355 g/mol.